The summed E-state index contributed by atoms with van der Waals surface area (Å²) in [6, 6.07) is 0. The molecule has 16 heavy (non-hydrogen) atoms. The van der Waals surface area contributed by atoms with E-state index in [9.17, 15) is 0 Å². The van der Waals surface area contributed by atoms with E-state index in [0.717, 1.165) is 11.5 Å². The van der Waals surface area contributed by atoms with Crippen LogP contribution in [0.1, 0.15) is 23.3 Å². The Balaban J connectivity index is 2.17. The van der Waals surface area contributed by atoms with Gasteiger partial charge in [-0.05, 0) is 6.92 Å². The standard InChI is InChI=1S/C9H11BrClN5/c1-6(10)7-4-16(14-13-7)5-9-12-3-8(11)15(9)2/h3-4,6H,5H2,1-2H3. The zero-order valence-electron chi connectivity index (χ0n) is 8.93. The zero-order chi connectivity index (χ0) is 11.7. The van der Waals surface area contributed by atoms with Gasteiger partial charge in [-0.25, -0.2) is 9.67 Å². The van der Waals surface area contributed by atoms with Gasteiger partial charge >= 0.3 is 0 Å². The smallest absolute Gasteiger partial charge is 0.131 e. The molecule has 2 aromatic heterocycles. The lowest BCUT2D eigenvalue weighted by Gasteiger charge is -2.01. The molecule has 0 N–H and O–H groups in total. The number of hydrogen-bond donors (Lipinski definition) is 0. The Kier molecular flexibility index (Phi) is 3.30. The topological polar surface area (TPSA) is 48.5 Å². The summed E-state index contributed by atoms with van der Waals surface area (Å²) in [7, 11) is 1.87. The lowest BCUT2D eigenvalue weighted by molar-refractivity contribution is 0.607. The molecule has 0 spiro atoms. The highest BCUT2D eigenvalue weighted by Gasteiger charge is 2.09. The molecule has 5 nitrogen and oxygen atoms in total. The van der Waals surface area contributed by atoms with Crippen LogP contribution < -0.4 is 0 Å². The van der Waals surface area contributed by atoms with Crippen LogP contribution in [0.2, 0.25) is 5.15 Å². The molecule has 0 aliphatic carbocycles. The third-order valence-electron chi connectivity index (χ3n) is 2.30. The maximum atomic E-state index is 5.90. The minimum Gasteiger partial charge on any atom is -0.321 e. The van der Waals surface area contributed by atoms with Crippen LogP contribution in [-0.2, 0) is 13.6 Å². The molecule has 0 bridgehead atoms. The molecule has 0 saturated carbocycles. The van der Waals surface area contributed by atoms with E-state index in [1.54, 1.807) is 10.9 Å². The van der Waals surface area contributed by atoms with E-state index in [0.29, 0.717) is 11.7 Å². The predicted octanol–water partition coefficient (Wildman–Crippen LogP) is 2.17. The number of hydrogen-bond acceptors (Lipinski definition) is 3. The minimum absolute atomic E-state index is 0.200. The number of rotatable bonds is 3. The Labute approximate surface area is 107 Å². The number of nitrogens with zero attached hydrogens (tertiary/aromatic N) is 5. The molecule has 86 valence electrons. The van der Waals surface area contributed by atoms with E-state index in [1.807, 2.05) is 24.7 Å². The Morgan fingerprint density at radius 3 is 2.81 bits per heavy atom. The maximum Gasteiger partial charge on any atom is 0.131 e. The van der Waals surface area contributed by atoms with Gasteiger partial charge in [-0.2, -0.15) is 0 Å². The maximum absolute atomic E-state index is 5.90. The first kappa shape index (κ1) is 11.6. The van der Waals surface area contributed by atoms with Crippen molar-refractivity contribution in [3.8, 4) is 0 Å². The normalized spacial score (nSPS) is 13.0. The first-order chi connectivity index (χ1) is 7.58. The van der Waals surface area contributed by atoms with Crippen LogP contribution in [0.5, 0.6) is 0 Å². The monoisotopic (exact) mass is 303 g/mol. The summed E-state index contributed by atoms with van der Waals surface area (Å²) in [4.78, 5) is 4.40. The Bertz CT molecular complexity index is 490. The minimum atomic E-state index is 0.200. The average molecular weight is 305 g/mol. The quantitative estimate of drug-likeness (QED) is 0.817. The van der Waals surface area contributed by atoms with Crippen molar-refractivity contribution in [1.82, 2.24) is 24.5 Å². The summed E-state index contributed by atoms with van der Waals surface area (Å²) >= 11 is 9.34. The Morgan fingerprint density at radius 1 is 1.56 bits per heavy atom. The second-order valence-electron chi connectivity index (χ2n) is 3.51. The van der Waals surface area contributed by atoms with E-state index in [2.05, 4.69) is 31.2 Å². The number of alkyl halides is 1. The summed E-state index contributed by atoms with van der Waals surface area (Å²) in [5.74, 6) is 0.851. The summed E-state index contributed by atoms with van der Waals surface area (Å²) in [5, 5.41) is 8.68. The van der Waals surface area contributed by atoms with E-state index >= 15 is 0 Å². The summed E-state index contributed by atoms with van der Waals surface area (Å²) < 4.78 is 3.56. The fourth-order valence-corrected chi connectivity index (χ4v) is 1.65. The van der Waals surface area contributed by atoms with E-state index in [-0.39, 0.29) is 4.83 Å². The molecule has 0 amide bonds. The van der Waals surface area contributed by atoms with Crippen LogP contribution in [0.25, 0.3) is 0 Å². The molecule has 0 radical (unpaired) electrons. The van der Waals surface area contributed by atoms with Gasteiger partial charge in [0.15, 0.2) is 0 Å². The van der Waals surface area contributed by atoms with Crippen LogP contribution in [0.3, 0.4) is 0 Å². The van der Waals surface area contributed by atoms with Crippen LogP contribution in [0.4, 0.5) is 0 Å². The van der Waals surface area contributed by atoms with Crippen molar-refractivity contribution in [2.45, 2.75) is 18.3 Å². The van der Waals surface area contributed by atoms with Crippen molar-refractivity contribution in [2.24, 2.45) is 7.05 Å². The van der Waals surface area contributed by atoms with E-state index in [1.165, 1.54) is 0 Å². The molecule has 7 heteroatoms. The molecule has 0 aliphatic heterocycles. The fourth-order valence-electron chi connectivity index (χ4n) is 1.29. The van der Waals surface area contributed by atoms with Crippen LogP contribution in [0.15, 0.2) is 12.4 Å². The van der Waals surface area contributed by atoms with Gasteiger partial charge in [0, 0.05) is 7.05 Å². The molecule has 1 unspecified atom stereocenters. The van der Waals surface area contributed by atoms with Crippen molar-refractivity contribution in [1.29, 1.82) is 0 Å². The lowest BCUT2D eigenvalue weighted by atomic mass is 10.4. The van der Waals surface area contributed by atoms with Gasteiger partial charge < -0.3 is 4.57 Å². The van der Waals surface area contributed by atoms with Crippen molar-refractivity contribution in [3.63, 3.8) is 0 Å². The lowest BCUT2D eigenvalue weighted by Crippen LogP contribution is -2.06. The second kappa shape index (κ2) is 4.55. The number of imidazole rings is 1. The molecule has 0 aromatic carbocycles. The average Bonchev–Trinajstić information content (AvgIpc) is 2.81. The molecule has 0 saturated heterocycles. The zero-order valence-corrected chi connectivity index (χ0v) is 11.3. The molecule has 2 aromatic rings. The van der Waals surface area contributed by atoms with Crippen LogP contribution >= 0.6 is 27.5 Å². The van der Waals surface area contributed by atoms with E-state index < -0.39 is 0 Å². The summed E-state index contributed by atoms with van der Waals surface area (Å²) in [5.41, 5.74) is 0.903. The van der Waals surface area contributed by atoms with Crippen molar-refractivity contribution >= 4 is 27.5 Å². The molecule has 2 rings (SSSR count). The summed E-state index contributed by atoms with van der Waals surface area (Å²) in [6.07, 6.45) is 3.52. The third kappa shape index (κ3) is 2.27. The van der Waals surface area contributed by atoms with Crippen molar-refractivity contribution in [2.75, 3.05) is 0 Å². The highest BCUT2D eigenvalue weighted by atomic mass is 79.9. The van der Waals surface area contributed by atoms with Gasteiger partial charge in [-0.3, -0.25) is 0 Å². The molecule has 1 atom stereocenters. The van der Waals surface area contributed by atoms with E-state index in [4.69, 9.17) is 11.6 Å². The first-order valence-corrected chi connectivity index (χ1v) is 6.07. The van der Waals surface area contributed by atoms with Gasteiger partial charge in [0.2, 0.25) is 0 Å². The third-order valence-corrected chi connectivity index (χ3v) is 3.12. The Morgan fingerprint density at radius 2 is 2.31 bits per heavy atom. The molecular weight excluding hydrogens is 293 g/mol. The summed E-state index contributed by atoms with van der Waals surface area (Å²) in [6.45, 7) is 2.57. The first-order valence-electron chi connectivity index (χ1n) is 4.78. The molecular formula is C9H11BrClN5. The molecule has 2 heterocycles. The van der Waals surface area contributed by atoms with Crippen LogP contribution in [0, 0.1) is 0 Å². The largest absolute Gasteiger partial charge is 0.321 e. The van der Waals surface area contributed by atoms with Crippen molar-refractivity contribution in [3.05, 3.63) is 29.1 Å². The van der Waals surface area contributed by atoms with Crippen molar-refractivity contribution < 1.29 is 0 Å². The highest BCUT2D eigenvalue weighted by Crippen LogP contribution is 2.18. The van der Waals surface area contributed by atoms with Gasteiger partial charge in [0.25, 0.3) is 0 Å². The number of aromatic nitrogens is 5. The second-order valence-corrected chi connectivity index (χ2v) is 5.27. The van der Waals surface area contributed by atoms with Gasteiger partial charge in [-0.15, -0.1) is 5.10 Å². The predicted molar refractivity (Wildman–Crippen MR) is 64.7 cm³/mol. The Hall–Kier alpha value is -0.880. The fraction of sp³-hybridized carbons (Fsp3) is 0.444. The van der Waals surface area contributed by atoms with Crippen LogP contribution in [-0.4, -0.2) is 24.5 Å². The van der Waals surface area contributed by atoms with Gasteiger partial charge in [0.05, 0.1) is 22.9 Å². The van der Waals surface area contributed by atoms with Gasteiger partial charge in [0.1, 0.15) is 17.5 Å². The van der Waals surface area contributed by atoms with Gasteiger partial charge in [-0.1, -0.05) is 32.7 Å². The number of halogens is 2. The SMILES string of the molecule is CC(Br)c1cn(Cc2ncc(Cl)n2C)nn1. The molecule has 0 aliphatic rings. The molecule has 0 fully saturated rings. The highest BCUT2D eigenvalue weighted by molar-refractivity contribution is 9.09.